The van der Waals surface area contributed by atoms with Gasteiger partial charge >= 0.3 is 6.18 Å². The maximum atomic E-state index is 12.7. The first-order valence-electron chi connectivity index (χ1n) is 4.63. The van der Waals surface area contributed by atoms with E-state index in [0.717, 1.165) is 11.5 Å². The van der Waals surface area contributed by atoms with Gasteiger partial charge in [-0.15, -0.1) is 0 Å². The van der Waals surface area contributed by atoms with E-state index in [0.29, 0.717) is 0 Å². The number of benzene rings is 1. The molecule has 7 heteroatoms. The summed E-state index contributed by atoms with van der Waals surface area (Å²) in [7, 11) is -4.04. The fourth-order valence-electron chi connectivity index (χ4n) is 1.79. The third-order valence-electron chi connectivity index (χ3n) is 2.47. The Labute approximate surface area is 95.7 Å². The second kappa shape index (κ2) is 3.58. The summed E-state index contributed by atoms with van der Waals surface area (Å²) in [6.45, 7) is -0.118. The molecule has 0 fully saturated rings. The van der Waals surface area contributed by atoms with Gasteiger partial charge in [-0.1, -0.05) is 12.1 Å². The maximum Gasteiger partial charge on any atom is 0.417 e. The lowest BCUT2D eigenvalue weighted by Gasteiger charge is -2.11. The van der Waals surface area contributed by atoms with Crippen molar-refractivity contribution in [2.45, 2.75) is 11.1 Å². The van der Waals surface area contributed by atoms with Crippen LogP contribution in [-0.2, 0) is 16.0 Å². The number of halogens is 3. The highest BCUT2D eigenvalue weighted by Crippen LogP contribution is 2.41. The van der Waals surface area contributed by atoms with Gasteiger partial charge in [0.1, 0.15) is 0 Å². The summed E-state index contributed by atoms with van der Waals surface area (Å²) in [4.78, 5) is -0.687. The highest BCUT2D eigenvalue weighted by Gasteiger charge is 2.40. The number of sulfone groups is 1. The second-order valence-electron chi connectivity index (χ2n) is 3.57. The van der Waals surface area contributed by atoms with Crippen LogP contribution >= 0.6 is 0 Å². The molecule has 0 aliphatic carbocycles. The highest BCUT2D eigenvalue weighted by atomic mass is 32.2. The van der Waals surface area contributed by atoms with E-state index in [4.69, 9.17) is 5.73 Å². The van der Waals surface area contributed by atoms with Gasteiger partial charge in [0.15, 0.2) is 0 Å². The van der Waals surface area contributed by atoms with Crippen LogP contribution in [0.4, 0.5) is 13.2 Å². The first-order chi connectivity index (χ1) is 7.77. The van der Waals surface area contributed by atoms with Gasteiger partial charge in [0.2, 0.25) is 9.84 Å². The summed E-state index contributed by atoms with van der Waals surface area (Å²) in [5.74, 6) is 0. The molecule has 1 aliphatic heterocycles. The molecule has 1 aromatic rings. The van der Waals surface area contributed by atoms with Gasteiger partial charge in [0.05, 0.1) is 10.5 Å². The van der Waals surface area contributed by atoms with Crippen LogP contribution in [0.1, 0.15) is 11.1 Å². The van der Waals surface area contributed by atoms with Crippen LogP contribution in [-0.4, -0.2) is 15.0 Å². The Hall–Kier alpha value is -1.34. The molecular weight excluding hydrogens is 255 g/mol. The smallest absolute Gasteiger partial charge is 0.326 e. The number of hydrogen-bond donors (Lipinski definition) is 1. The standard InChI is InChI=1S/C10H8F3NO2S/c11-10(12,13)8-3-1-2-7-6(4-14)5-17(15,16)9(7)8/h1-3,5H,4,14H2. The molecule has 1 aromatic carbocycles. The molecule has 1 aliphatic rings. The van der Waals surface area contributed by atoms with Gasteiger partial charge in [-0.2, -0.15) is 13.2 Å². The van der Waals surface area contributed by atoms with Crippen molar-refractivity contribution in [2.24, 2.45) is 5.73 Å². The number of alkyl halides is 3. The highest BCUT2D eigenvalue weighted by molar-refractivity contribution is 7.95. The summed E-state index contributed by atoms with van der Waals surface area (Å²) < 4.78 is 61.4. The Balaban J connectivity index is 2.80. The van der Waals surface area contributed by atoms with Crippen LogP contribution < -0.4 is 5.73 Å². The third-order valence-corrected chi connectivity index (χ3v) is 4.07. The fourth-order valence-corrected chi connectivity index (χ4v) is 3.50. The quantitative estimate of drug-likeness (QED) is 0.840. The number of fused-ring (bicyclic) bond motifs is 1. The molecule has 3 nitrogen and oxygen atoms in total. The molecule has 0 saturated carbocycles. The number of rotatable bonds is 1. The Bertz CT molecular complexity index is 602. The minimum absolute atomic E-state index is 0.0438. The first kappa shape index (κ1) is 12.1. The molecule has 0 amide bonds. The third kappa shape index (κ3) is 1.85. The SMILES string of the molecule is NCC1=CS(=O)(=O)c2c1cccc2C(F)(F)F. The van der Waals surface area contributed by atoms with Gasteiger partial charge in [0.25, 0.3) is 0 Å². The molecule has 1 heterocycles. The average Bonchev–Trinajstić information content (AvgIpc) is 2.49. The molecule has 17 heavy (non-hydrogen) atoms. The Morgan fingerprint density at radius 2 is 1.88 bits per heavy atom. The van der Waals surface area contributed by atoms with Crippen molar-refractivity contribution in [3.8, 4) is 0 Å². The molecule has 0 spiro atoms. The van der Waals surface area contributed by atoms with Crippen LogP contribution in [0.25, 0.3) is 5.57 Å². The van der Waals surface area contributed by atoms with Crippen LogP contribution in [0.3, 0.4) is 0 Å². The fraction of sp³-hybridized carbons (Fsp3) is 0.200. The van der Waals surface area contributed by atoms with E-state index >= 15 is 0 Å². The topological polar surface area (TPSA) is 60.2 Å². The van der Waals surface area contributed by atoms with E-state index < -0.39 is 26.5 Å². The molecule has 2 rings (SSSR count). The van der Waals surface area contributed by atoms with E-state index in [-0.39, 0.29) is 17.7 Å². The van der Waals surface area contributed by atoms with Gasteiger partial charge in [-0.3, -0.25) is 0 Å². The van der Waals surface area contributed by atoms with Crippen LogP contribution in [0.2, 0.25) is 0 Å². The molecule has 92 valence electrons. The summed E-state index contributed by atoms with van der Waals surface area (Å²) in [6, 6.07) is 3.25. The summed E-state index contributed by atoms with van der Waals surface area (Å²) in [5.41, 5.74) is 4.42. The zero-order chi connectivity index (χ0) is 12.8. The van der Waals surface area contributed by atoms with E-state index in [2.05, 4.69) is 0 Å². The van der Waals surface area contributed by atoms with Gasteiger partial charge in [-0.25, -0.2) is 8.42 Å². The van der Waals surface area contributed by atoms with E-state index in [9.17, 15) is 21.6 Å². The lowest BCUT2D eigenvalue weighted by atomic mass is 10.0. The Morgan fingerprint density at radius 3 is 2.41 bits per heavy atom. The lowest BCUT2D eigenvalue weighted by molar-refractivity contribution is -0.139. The largest absolute Gasteiger partial charge is 0.417 e. The van der Waals surface area contributed by atoms with E-state index in [1.54, 1.807) is 0 Å². The summed E-state index contributed by atoms with van der Waals surface area (Å²) in [6.07, 6.45) is -4.70. The molecule has 2 N–H and O–H groups in total. The van der Waals surface area contributed by atoms with Crippen LogP contribution in [0.15, 0.2) is 28.5 Å². The first-order valence-corrected chi connectivity index (χ1v) is 6.18. The second-order valence-corrected chi connectivity index (χ2v) is 5.31. The monoisotopic (exact) mass is 263 g/mol. The van der Waals surface area contributed by atoms with Crippen molar-refractivity contribution in [1.82, 2.24) is 0 Å². The normalized spacial score (nSPS) is 17.8. The maximum absolute atomic E-state index is 12.7. The Morgan fingerprint density at radius 1 is 1.24 bits per heavy atom. The summed E-state index contributed by atoms with van der Waals surface area (Å²) in [5, 5.41) is 0.799. The van der Waals surface area contributed by atoms with E-state index in [1.165, 1.54) is 12.1 Å². The summed E-state index contributed by atoms with van der Waals surface area (Å²) >= 11 is 0. The van der Waals surface area contributed by atoms with Crippen LogP contribution in [0, 0.1) is 0 Å². The van der Waals surface area contributed by atoms with Gasteiger partial charge < -0.3 is 5.73 Å². The van der Waals surface area contributed by atoms with Crippen molar-refractivity contribution in [2.75, 3.05) is 6.54 Å². The average molecular weight is 263 g/mol. The van der Waals surface area contributed by atoms with Crippen molar-refractivity contribution >= 4 is 15.4 Å². The molecule has 0 saturated heterocycles. The minimum Gasteiger partial charge on any atom is -0.326 e. The predicted octanol–water partition coefficient (Wildman–Crippen LogP) is 1.79. The zero-order valence-corrected chi connectivity index (χ0v) is 9.27. The van der Waals surface area contributed by atoms with Gasteiger partial charge in [0, 0.05) is 12.0 Å². The molecule has 0 atom stereocenters. The molecule has 0 bridgehead atoms. The Kier molecular flexibility index (Phi) is 2.55. The van der Waals surface area contributed by atoms with Crippen molar-refractivity contribution in [1.29, 1.82) is 0 Å². The van der Waals surface area contributed by atoms with Crippen LogP contribution in [0.5, 0.6) is 0 Å². The molecular formula is C10H8F3NO2S. The van der Waals surface area contributed by atoms with Crippen molar-refractivity contribution in [3.63, 3.8) is 0 Å². The van der Waals surface area contributed by atoms with Gasteiger partial charge in [-0.05, 0) is 17.2 Å². The minimum atomic E-state index is -4.70. The molecule has 0 aromatic heterocycles. The predicted molar refractivity (Wildman–Crippen MR) is 55.7 cm³/mol. The zero-order valence-electron chi connectivity index (χ0n) is 8.45. The van der Waals surface area contributed by atoms with E-state index in [1.807, 2.05) is 0 Å². The molecule has 0 unspecified atom stereocenters. The number of nitrogens with two attached hydrogens (primary N) is 1. The number of hydrogen-bond acceptors (Lipinski definition) is 3. The van der Waals surface area contributed by atoms with Crippen molar-refractivity contribution in [3.05, 3.63) is 34.7 Å². The lowest BCUT2D eigenvalue weighted by Crippen LogP contribution is -2.11. The van der Waals surface area contributed by atoms with Crippen molar-refractivity contribution < 1.29 is 21.6 Å². The molecule has 0 radical (unpaired) electrons.